The number of thiocarbonyl (C=S) groups is 1. The minimum Gasteiger partial charge on any atom is -0.388 e. The summed E-state index contributed by atoms with van der Waals surface area (Å²) in [7, 11) is 2.26. The van der Waals surface area contributed by atoms with Crippen LogP contribution in [0.5, 0.6) is 0 Å². The highest BCUT2D eigenvalue weighted by Crippen LogP contribution is 2.33. The second kappa shape index (κ2) is 5.61. The molecule has 0 radical (unpaired) electrons. The summed E-state index contributed by atoms with van der Waals surface area (Å²) >= 11 is 4.96. The van der Waals surface area contributed by atoms with Gasteiger partial charge < -0.3 is 16.0 Å². The lowest BCUT2D eigenvalue weighted by Gasteiger charge is -2.47. The Hall–Kier alpha value is -1.27. The summed E-state index contributed by atoms with van der Waals surface area (Å²) in [5, 5.41) is 3.46. The van der Waals surface area contributed by atoms with Crippen LogP contribution in [0.2, 0.25) is 0 Å². The van der Waals surface area contributed by atoms with Crippen molar-refractivity contribution < 1.29 is 0 Å². The monoisotopic (exact) mass is 291 g/mol. The van der Waals surface area contributed by atoms with Crippen molar-refractivity contribution in [2.24, 2.45) is 5.73 Å². The minimum atomic E-state index is 0.315. The van der Waals surface area contributed by atoms with E-state index < -0.39 is 0 Å². The van der Waals surface area contributed by atoms with Crippen LogP contribution in [0.3, 0.4) is 0 Å². The second-order valence-electron chi connectivity index (χ2n) is 5.85. The van der Waals surface area contributed by atoms with Crippen molar-refractivity contribution in [3.63, 3.8) is 0 Å². The van der Waals surface area contributed by atoms with Gasteiger partial charge in [-0.05, 0) is 38.8 Å². The number of piperidine rings is 2. The van der Waals surface area contributed by atoms with Crippen molar-refractivity contribution in [3.05, 3.63) is 18.0 Å². The summed E-state index contributed by atoms with van der Waals surface area (Å²) in [6, 6.07) is 3.58. The van der Waals surface area contributed by atoms with E-state index in [1.54, 1.807) is 12.3 Å². The number of nitrogens with two attached hydrogens (primary N) is 1. The van der Waals surface area contributed by atoms with Crippen LogP contribution in [0.15, 0.2) is 12.3 Å². The van der Waals surface area contributed by atoms with Crippen molar-refractivity contribution in [1.82, 2.24) is 14.9 Å². The Bertz CT molecular complexity index is 492. The molecule has 2 aliphatic heterocycles. The molecular weight excluding hydrogens is 270 g/mol. The lowest BCUT2D eigenvalue weighted by Crippen LogP contribution is -2.52. The number of rotatable bonds is 3. The van der Waals surface area contributed by atoms with Crippen molar-refractivity contribution >= 4 is 23.2 Å². The van der Waals surface area contributed by atoms with E-state index in [-0.39, 0.29) is 0 Å². The summed E-state index contributed by atoms with van der Waals surface area (Å²) in [6.45, 7) is 0. The standard InChI is InChI=1S/C14H21N5S/c1-19-10-3-2-4-11(19)8-9(7-10)17-14-16-6-5-12(18-14)13(15)20/h5-6,9-11H,2-4,7-8H2,1H3,(H2,15,20)(H,16,17,18). The lowest BCUT2D eigenvalue weighted by atomic mass is 9.82. The number of anilines is 1. The number of hydrogen-bond donors (Lipinski definition) is 2. The molecule has 0 saturated carbocycles. The molecule has 2 fully saturated rings. The molecule has 3 rings (SSSR count). The molecule has 108 valence electrons. The molecule has 0 aliphatic carbocycles. The van der Waals surface area contributed by atoms with Gasteiger partial charge in [0, 0.05) is 24.3 Å². The Kier molecular flexibility index (Phi) is 3.85. The molecule has 1 aromatic rings. The highest BCUT2D eigenvalue weighted by Gasteiger charge is 2.36. The third kappa shape index (κ3) is 2.76. The topological polar surface area (TPSA) is 67.1 Å². The predicted molar refractivity (Wildman–Crippen MR) is 83.8 cm³/mol. The van der Waals surface area contributed by atoms with Gasteiger partial charge in [-0.25, -0.2) is 9.97 Å². The van der Waals surface area contributed by atoms with E-state index in [9.17, 15) is 0 Å². The molecule has 2 saturated heterocycles. The lowest BCUT2D eigenvalue weighted by molar-refractivity contribution is 0.0607. The molecule has 1 aromatic heterocycles. The Balaban J connectivity index is 1.69. The van der Waals surface area contributed by atoms with Crippen LogP contribution in [-0.2, 0) is 0 Å². The van der Waals surface area contributed by atoms with Gasteiger partial charge >= 0.3 is 0 Å². The maximum absolute atomic E-state index is 5.62. The number of fused-ring (bicyclic) bond motifs is 2. The molecule has 5 nitrogen and oxygen atoms in total. The van der Waals surface area contributed by atoms with E-state index in [2.05, 4.69) is 27.2 Å². The summed E-state index contributed by atoms with van der Waals surface area (Å²) in [5.41, 5.74) is 6.25. The highest BCUT2D eigenvalue weighted by atomic mass is 32.1. The van der Waals surface area contributed by atoms with Gasteiger partial charge in [0.05, 0.1) is 0 Å². The zero-order valence-electron chi connectivity index (χ0n) is 11.7. The van der Waals surface area contributed by atoms with Crippen molar-refractivity contribution in [1.29, 1.82) is 0 Å². The average molecular weight is 291 g/mol. The number of aromatic nitrogens is 2. The smallest absolute Gasteiger partial charge is 0.223 e. The van der Waals surface area contributed by atoms with Gasteiger partial charge in [0.2, 0.25) is 5.95 Å². The first kappa shape index (κ1) is 13.7. The fourth-order valence-electron chi connectivity index (χ4n) is 3.48. The van der Waals surface area contributed by atoms with E-state index in [4.69, 9.17) is 18.0 Å². The quantitative estimate of drug-likeness (QED) is 0.824. The largest absolute Gasteiger partial charge is 0.388 e. The number of nitrogens with one attached hydrogen (secondary N) is 1. The van der Waals surface area contributed by atoms with Crippen LogP contribution >= 0.6 is 12.2 Å². The van der Waals surface area contributed by atoms with Gasteiger partial charge in [-0.2, -0.15) is 0 Å². The van der Waals surface area contributed by atoms with E-state index in [1.807, 2.05) is 0 Å². The average Bonchev–Trinajstić information content (AvgIpc) is 2.40. The molecule has 2 atom stereocenters. The summed E-state index contributed by atoms with van der Waals surface area (Å²) < 4.78 is 0. The summed E-state index contributed by atoms with van der Waals surface area (Å²) in [5.74, 6) is 0.642. The van der Waals surface area contributed by atoms with E-state index in [0.29, 0.717) is 34.8 Å². The Labute approximate surface area is 125 Å². The van der Waals surface area contributed by atoms with Gasteiger partial charge in [-0.3, -0.25) is 0 Å². The van der Waals surface area contributed by atoms with Crippen LogP contribution in [0, 0.1) is 0 Å². The maximum Gasteiger partial charge on any atom is 0.223 e. The number of hydrogen-bond acceptors (Lipinski definition) is 5. The van der Waals surface area contributed by atoms with Crippen LogP contribution in [-0.4, -0.2) is 45.0 Å². The van der Waals surface area contributed by atoms with E-state index in [1.165, 1.54) is 19.3 Å². The van der Waals surface area contributed by atoms with Crippen molar-refractivity contribution in [3.8, 4) is 0 Å². The van der Waals surface area contributed by atoms with Crippen molar-refractivity contribution in [2.75, 3.05) is 12.4 Å². The second-order valence-corrected chi connectivity index (χ2v) is 6.29. The Morgan fingerprint density at radius 1 is 1.40 bits per heavy atom. The van der Waals surface area contributed by atoms with Gasteiger partial charge in [0.25, 0.3) is 0 Å². The van der Waals surface area contributed by atoms with Crippen molar-refractivity contribution in [2.45, 2.75) is 50.2 Å². The van der Waals surface area contributed by atoms with Gasteiger partial charge in [0.15, 0.2) is 0 Å². The number of nitrogens with zero attached hydrogens (tertiary/aromatic N) is 3. The maximum atomic E-state index is 5.62. The third-order valence-corrected chi connectivity index (χ3v) is 4.79. The normalized spacial score (nSPS) is 29.9. The third-order valence-electron chi connectivity index (χ3n) is 4.58. The molecule has 0 aromatic carbocycles. The van der Waals surface area contributed by atoms with Gasteiger partial charge in [-0.1, -0.05) is 18.6 Å². The fraction of sp³-hybridized carbons (Fsp3) is 0.643. The molecule has 6 heteroatoms. The molecule has 3 N–H and O–H groups in total. The zero-order chi connectivity index (χ0) is 14.1. The first-order valence-corrected chi connectivity index (χ1v) is 7.65. The molecule has 0 spiro atoms. The Morgan fingerprint density at radius 3 is 2.75 bits per heavy atom. The van der Waals surface area contributed by atoms with Crippen LogP contribution < -0.4 is 11.1 Å². The van der Waals surface area contributed by atoms with E-state index >= 15 is 0 Å². The molecule has 2 bridgehead atoms. The Morgan fingerprint density at radius 2 is 2.10 bits per heavy atom. The molecular formula is C14H21N5S. The van der Waals surface area contributed by atoms with Gasteiger partial charge in [0.1, 0.15) is 10.7 Å². The van der Waals surface area contributed by atoms with Crippen LogP contribution in [0.1, 0.15) is 37.8 Å². The molecule has 3 heterocycles. The zero-order valence-corrected chi connectivity index (χ0v) is 12.6. The molecule has 20 heavy (non-hydrogen) atoms. The molecule has 2 aliphatic rings. The van der Waals surface area contributed by atoms with Crippen LogP contribution in [0.4, 0.5) is 5.95 Å². The SMILES string of the molecule is CN1C2CCCC1CC(Nc1nccc(C(N)=S)n1)C2. The minimum absolute atomic E-state index is 0.315. The van der Waals surface area contributed by atoms with Gasteiger partial charge in [-0.15, -0.1) is 0 Å². The first-order valence-electron chi connectivity index (χ1n) is 7.25. The fourth-order valence-corrected chi connectivity index (χ4v) is 3.60. The highest BCUT2D eigenvalue weighted by molar-refractivity contribution is 7.80. The first-order chi connectivity index (χ1) is 9.63. The predicted octanol–water partition coefficient (Wildman–Crippen LogP) is 1.54. The molecule has 0 amide bonds. The van der Waals surface area contributed by atoms with E-state index in [0.717, 1.165) is 12.8 Å². The summed E-state index contributed by atoms with van der Waals surface area (Å²) in [4.78, 5) is 11.5. The molecule has 2 unspecified atom stereocenters. The van der Waals surface area contributed by atoms with Crippen LogP contribution in [0.25, 0.3) is 0 Å². The summed E-state index contributed by atoms with van der Waals surface area (Å²) in [6.07, 6.45) is 8.00.